The lowest BCUT2D eigenvalue weighted by atomic mass is 10.00. The largest absolute Gasteiger partial charge is 0.491 e. The van der Waals surface area contributed by atoms with Crippen LogP contribution in [-0.2, 0) is 11.2 Å². The van der Waals surface area contributed by atoms with Crippen LogP contribution in [0.4, 0.5) is 0 Å². The molecule has 0 radical (unpaired) electrons. The zero-order valence-corrected chi connectivity index (χ0v) is 21.6. The maximum absolute atomic E-state index is 13.6. The first-order valence-corrected chi connectivity index (χ1v) is 13.3. The van der Waals surface area contributed by atoms with Gasteiger partial charge in [0, 0.05) is 23.5 Å². The molecule has 1 aromatic heterocycles. The molecule has 1 aliphatic rings. The van der Waals surface area contributed by atoms with Gasteiger partial charge in [-0.25, -0.2) is 0 Å². The van der Waals surface area contributed by atoms with E-state index in [1.807, 2.05) is 42.2 Å². The lowest BCUT2D eigenvalue weighted by Gasteiger charge is -2.37. The normalized spacial score (nSPS) is 15.1. The van der Waals surface area contributed by atoms with Crippen LogP contribution in [0, 0.1) is 0 Å². The van der Waals surface area contributed by atoms with Crippen LogP contribution in [0.15, 0.2) is 66.0 Å². The third kappa shape index (κ3) is 5.93. The van der Waals surface area contributed by atoms with Gasteiger partial charge in [0.1, 0.15) is 18.9 Å². The molecule has 3 aromatic rings. The van der Waals surface area contributed by atoms with Gasteiger partial charge in [-0.2, -0.15) is 0 Å². The molecule has 0 saturated heterocycles. The fourth-order valence-corrected chi connectivity index (χ4v) is 5.47. The van der Waals surface area contributed by atoms with Crippen molar-refractivity contribution in [1.29, 1.82) is 0 Å². The van der Waals surface area contributed by atoms with E-state index in [1.165, 1.54) is 10.4 Å². The van der Waals surface area contributed by atoms with Crippen molar-refractivity contribution < 1.29 is 14.3 Å². The molecule has 0 bridgehead atoms. The number of fused-ring (bicyclic) bond motifs is 1. The Bertz CT molecular complexity index is 1120. The van der Waals surface area contributed by atoms with Crippen molar-refractivity contribution in [2.45, 2.75) is 45.6 Å². The van der Waals surface area contributed by atoms with Crippen LogP contribution in [0.5, 0.6) is 5.75 Å². The van der Waals surface area contributed by atoms with E-state index in [1.54, 1.807) is 28.4 Å². The summed E-state index contributed by atoms with van der Waals surface area (Å²) >= 11 is 1.74. The molecule has 184 valence electrons. The summed E-state index contributed by atoms with van der Waals surface area (Å²) in [5.41, 5.74) is 3.04. The second kappa shape index (κ2) is 11.5. The number of hydrogen-bond acceptors (Lipinski definition) is 4. The topological polar surface area (TPSA) is 49.9 Å². The van der Waals surface area contributed by atoms with Crippen molar-refractivity contribution in [1.82, 2.24) is 9.80 Å². The molecule has 0 aliphatic carbocycles. The van der Waals surface area contributed by atoms with Gasteiger partial charge < -0.3 is 14.5 Å². The summed E-state index contributed by atoms with van der Waals surface area (Å²) in [6.07, 6.45) is 1.62. The van der Waals surface area contributed by atoms with E-state index in [4.69, 9.17) is 4.74 Å². The van der Waals surface area contributed by atoms with Gasteiger partial charge in [-0.1, -0.05) is 51.1 Å². The van der Waals surface area contributed by atoms with E-state index in [2.05, 4.69) is 37.4 Å². The Kier molecular flexibility index (Phi) is 8.24. The van der Waals surface area contributed by atoms with Crippen LogP contribution in [0.25, 0.3) is 0 Å². The number of hydrogen-bond donors (Lipinski definition) is 0. The molecule has 1 aliphatic heterocycles. The van der Waals surface area contributed by atoms with Crippen LogP contribution in [0.2, 0.25) is 0 Å². The summed E-state index contributed by atoms with van der Waals surface area (Å²) in [4.78, 5) is 31.6. The summed E-state index contributed by atoms with van der Waals surface area (Å²) in [7, 11) is 0. The molecule has 0 unspecified atom stereocenters. The molecule has 5 nitrogen and oxygen atoms in total. The zero-order valence-electron chi connectivity index (χ0n) is 20.8. The molecular formula is C29H34N2O3S. The molecule has 2 amide bonds. The molecule has 6 heteroatoms. The van der Waals surface area contributed by atoms with Gasteiger partial charge in [0.15, 0.2) is 0 Å². The smallest absolute Gasteiger partial charge is 0.254 e. The first-order valence-electron chi connectivity index (χ1n) is 12.4. The molecular weight excluding hydrogens is 456 g/mol. The zero-order chi connectivity index (χ0) is 24.8. The molecule has 4 rings (SSSR count). The number of carbonyl (C=O) groups excluding carboxylic acids is 2. The van der Waals surface area contributed by atoms with Gasteiger partial charge >= 0.3 is 0 Å². The van der Waals surface area contributed by atoms with E-state index in [-0.39, 0.29) is 24.4 Å². The SMILES string of the molecule is CCCN(CC(=O)N1CCc2sccc2[C@@H]1COc1ccc(C(C)C)cc1)C(=O)c1ccccc1. The maximum atomic E-state index is 13.6. The molecule has 1 atom stereocenters. The minimum absolute atomic E-state index is 0.0386. The Morgan fingerprint density at radius 1 is 1.09 bits per heavy atom. The minimum Gasteiger partial charge on any atom is -0.491 e. The summed E-state index contributed by atoms with van der Waals surface area (Å²) in [5.74, 6) is 1.12. The van der Waals surface area contributed by atoms with E-state index in [0.29, 0.717) is 31.2 Å². The van der Waals surface area contributed by atoms with Crippen LogP contribution < -0.4 is 4.74 Å². The summed E-state index contributed by atoms with van der Waals surface area (Å²) < 4.78 is 6.19. The van der Waals surface area contributed by atoms with Crippen LogP contribution in [0.3, 0.4) is 0 Å². The Morgan fingerprint density at radius 2 is 1.83 bits per heavy atom. The number of nitrogens with zero attached hydrogens (tertiary/aromatic N) is 2. The highest BCUT2D eigenvalue weighted by molar-refractivity contribution is 7.10. The lowest BCUT2D eigenvalue weighted by Crippen LogP contribution is -2.48. The van der Waals surface area contributed by atoms with Gasteiger partial charge in [0.25, 0.3) is 5.91 Å². The fourth-order valence-electron chi connectivity index (χ4n) is 4.54. The highest BCUT2D eigenvalue weighted by Crippen LogP contribution is 2.34. The van der Waals surface area contributed by atoms with E-state index in [9.17, 15) is 9.59 Å². The molecule has 0 saturated carbocycles. The third-order valence-electron chi connectivity index (χ3n) is 6.50. The van der Waals surface area contributed by atoms with Crippen molar-refractivity contribution >= 4 is 23.2 Å². The second-order valence-electron chi connectivity index (χ2n) is 9.28. The van der Waals surface area contributed by atoms with Crippen molar-refractivity contribution in [2.75, 3.05) is 26.2 Å². The number of thiophene rings is 1. The Labute approximate surface area is 212 Å². The van der Waals surface area contributed by atoms with Crippen molar-refractivity contribution in [3.8, 4) is 5.75 Å². The van der Waals surface area contributed by atoms with Gasteiger partial charge in [-0.15, -0.1) is 11.3 Å². The first-order chi connectivity index (χ1) is 17.0. The van der Waals surface area contributed by atoms with Crippen LogP contribution >= 0.6 is 11.3 Å². The molecule has 2 heterocycles. The first kappa shape index (κ1) is 25.0. The van der Waals surface area contributed by atoms with Crippen molar-refractivity contribution in [3.05, 3.63) is 87.6 Å². The number of ether oxygens (including phenoxy) is 1. The second-order valence-corrected chi connectivity index (χ2v) is 10.3. The van der Waals surface area contributed by atoms with Gasteiger partial charge in [0.05, 0.1) is 6.04 Å². The van der Waals surface area contributed by atoms with Crippen LogP contribution in [0.1, 0.15) is 65.5 Å². The molecule has 35 heavy (non-hydrogen) atoms. The number of benzene rings is 2. The lowest BCUT2D eigenvalue weighted by molar-refractivity contribution is -0.135. The van der Waals surface area contributed by atoms with E-state index in [0.717, 1.165) is 24.2 Å². The number of amides is 2. The molecule has 0 N–H and O–H groups in total. The Morgan fingerprint density at radius 3 is 2.51 bits per heavy atom. The van der Waals surface area contributed by atoms with Gasteiger partial charge in [0.2, 0.25) is 5.91 Å². The average molecular weight is 491 g/mol. The summed E-state index contributed by atoms with van der Waals surface area (Å²) in [5, 5.41) is 2.09. The Hall–Kier alpha value is -3.12. The number of rotatable bonds is 9. The van der Waals surface area contributed by atoms with E-state index < -0.39 is 0 Å². The fraction of sp³-hybridized carbons (Fsp3) is 0.379. The highest BCUT2D eigenvalue weighted by Gasteiger charge is 2.33. The average Bonchev–Trinajstić information content (AvgIpc) is 3.36. The molecule has 2 aromatic carbocycles. The van der Waals surface area contributed by atoms with Crippen molar-refractivity contribution in [2.24, 2.45) is 0 Å². The standard InChI is InChI=1S/C29H34N2O3S/c1-4-16-30(29(33)23-8-6-5-7-9-23)19-28(32)31-17-14-27-25(15-18-35-27)26(31)20-34-24-12-10-22(11-13-24)21(2)3/h5-13,15,18,21,26H,4,14,16-17,19-20H2,1-3H3/t26-/m0/s1. The predicted molar refractivity (Wildman–Crippen MR) is 141 cm³/mol. The summed E-state index contributed by atoms with van der Waals surface area (Å²) in [6, 6.07) is 19.3. The number of carbonyl (C=O) groups is 2. The van der Waals surface area contributed by atoms with Gasteiger partial charge in [-0.05, 0) is 65.6 Å². The predicted octanol–water partition coefficient (Wildman–Crippen LogP) is 5.93. The van der Waals surface area contributed by atoms with Crippen molar-refractivity contribution in [3.63, 3.8) is 0 Å². The molecule has 0 fully saturated rings. The Balaban J connectivity index is 1.50. The van der Waals surface area contributed by atoms with E-state index >= 15 is 0 Å². The molecule has 0 spiro atoms. The minimum atomic E-state index is -0.169. The quantitative estimate of drug-likeness (QED) is 0.374. The van der Waals surface area contributed by atoms with Crippen LogP contribution in [-0.4, -0.2) is 47.9 Å². The maximum Gasteiger partial charge on any atom is 0.254 e. The van der Waals surface area contributed by atoms with Gasteiger partial charge in [-0.3, -0.25) is 9.59 Å². The third-order valence-corrected chi connectivity index (χ3v) is 7.49. The monoisotopic (exact) mass is 490 g/mol. The highest BCUT2D eigenvalue weighted by atomic mass is 32.1. The summed E-state index contributed by atoms with van der Waals surface area (Å²) in [6.45, 7) is 7.99.